The second kappa shape index (κ2) is 7.55. The van der Waals surface area contributed by atoms with Crippen molar-refractivity contribution in [1.82, 2.24) is 4.31 Å². The van der Waals surface area contributed by atoms with E-state index >= 15 is 0 Å². The molecule has 0 aliphatic carbocycles. The van der Waals surface area contributed by atoms with Crippen LogP contribution in [0.5, 0.6) is 0 Å². The average Bonchev–Trinajstić information content (AvgIpc) is 3.13. The number of rotatable bonds is 5. The fourth-order valence-electron chi connectivity index (χ4n) is 3.18. The van der Waals surface area contributed by atoms with Crippen molar-refractivity contribution in [3.05, 3.63) is 59.9 Å². The van der Waals surface area contributed by atoms with Crippen molar-refractivity contribution >= 4 is 21.6 Å². The summed E-state index contributed by atoms with van der Waals surface area (Å²) in [7, 11) is -3.75. The maximum absolute atomic E-state index is 14.2. The third kappa shape index (κ3) is 3.64. The Morgan fingerprint density at radius 2 is 1.88 bits per heavy atom. The van der Waals surface area contributed by atoms with Gasteiger partial charge in [0.05, 0.1) is 10.9 Å². The number of hydrogen-bond donors (Lipinski definition) is 1. The van der Waals surface area contributed by atoms with Crippen molar-refractivity contribution in [2.75, 3.05) is 11.9 Å². The average molecular weight is 376 g/mol. The molecule has 1 heterocycles. The first-order valence-corrected chi connectivity index (χ1v) is 10.0. The topological polar surface area (TPSA) is 66.5 Å². The van der Waals surface area contributed by atoms with Crippen LogP contribution in [-0.2, 0) is 14.8 Å². The van der Waals surface area contributed by atoms with E-state index in [1.54, 1.807) is 37.3 Å². The van der Waals surface area contributed by atoms with Gasteiger partial charge in [0.25, 0.3) is 0 Å². The molecule has 0 bridgehead atoms. The quantitative estimate of drug-likeness (QED) is 0.865. The maximum Gasteiger partial charge on any atom is 0.243 e. The molecule has 1 aliphatic heterocycles. The molecule has 3 rings (SSSR count). The highest BCUT2D eigenvalue weighted by atomic mass is 32.2. The van der Waals surface area contributed by atoms with E-state index in [1.807, 2.05) is 0 Å². The summed E-state index contributed by atoms with van der Waals surface area (Å²) in [5.41, 5.74) is 0.947. The molecule has 1 atom stereocenters. The highest BCUT2D eigenvalue weighted by Gasteiger charge is 2.37. The van der Waals surface area contributed by atoms with Crippen molar-refractivity contribution in [2.45, 2.75) is 37.1 Å². The van der Waals surface area contributed by atoms with E-state index in [1.165, 1.54) is 22.5 Å². The normalized spacial score (nSPS) is 18.0. The SMILES string of the molecule is CCC(=O)Nc1ccc(S(=O)(=O)N2CCCC2c2ccccc2F)cc1. The molecule has 1 fully saturated rings. The number of carbonyl (C=O) groups excluding carboxylic acids is 1. The Morgan fingerprint density at radius 3 is 2.54 bits per heavy atom. The highest BCUT2D eigenvalue weighted by Crippen LogP contribution is 2.37. The van der Waals surface area contributed by atoms with Gasteiger partial charge >= 0.3 is 0 Å². The second-order valence-electron chi connectivity index (χ2n) is 6.22. The summed E-state index contributed by atoms with van der Waals surface area (Å²) in [5, 5.41) is 2.68. The molecular formula is C19H21FN2O3S. The van der Waals surface area contributed by atoms with Gasteiger partial charge in [0, 0.05) is 24.2 Å². The minimum atomic E-state index is -3.75. The van der Waals surface area contributed by atoms with Gasteiger partial charge in [-0.15, -0.1) is 0 Å². The molecule has 1 unspecified atom stereocenters. The summed E-state index contributed by atoms with van der Waals surface area (Å²) in [6, 6.07) is 11.9. The molecule has 5 nitrogen and oxygen atoms in total. The Kier molecular flexibility index (Phi) is 5.38. The molecule has 0 aromatic heterocycles. The summed E-state index contributed by atoms with van der Waals surface area (Å²) < 4.78 is 41.6. The molecule has 138 valence electrons. The van der Waals surface area contributed by atoms with Crippen LogP contribution in [0.2, 0.25) is 0 Å². The van der Waals surface area contributed by atoms with E-state index in [-0.39, 0.29) is 10.8 Å². The van der Waals surface area contributed by atoms with Crippen molar-refractivity contribution in [2.24, 2.45) is 0 Å². The number of nitrogens with one attached hydrogen (secondary N) is 1. The first-order chi connectivity index (χ1) is 12.4. The minimum absolute atomic E-state index is 0.134. The molecule has 0 radical (unpaired) electrons. The van der Waals surface area contributed by atoms with Gasteiger partial charge in [-0.05, 0) is 43.2 Å². The predicted molar refractivity (Wildman–Crippen MR) is 97.6 cm³/mol. The van der Waals surface area contributed by atoms with Crippen molar-refractivity contribution in [1.29, 1.82) is 0 Å². The van der Waals surface area contributed by atoms with E-state index in [4.69, 9.17) is 0 Å². The van der Waals surface area contributed by atoms with Crippen LogP contribution in [0.4, 0.5) is 10.1 Å². The van der Waals surface area contributed by atoms with Gasteiger partial charge in [-0.2, -0.15) is 4.31 Å². The fraction of sp³-hybridized carbons (Fsp3) is 0.316. The molecule has 7 heteroatoms. The van der Waals surface area contributed by atoms with Crippen LogP contribution in [-0.4, -0.2) is 25.2 Å². The van der Waals surface area contributed by atoms with Crippen LogP contribution in [0.1, 0.15) is 37.8 Å². The molecular weight excluding hydrogens is 355 g/mol. The van der Waals surface area contributed by atoms with Gasteiger partial charge in [-0.1, -0.05) is 25.1 Å². The summed E-state index contributed by atoms with van der Waals surface area (Å²) in [4.78, 5) is 11.6. The zero-order valence-electron chi connectivity index (χ0n) is 14.5. The lowest BCUT2D eigenvalue weighted by Crippen LogP contribution is -2.31. The smallest absolute Gasteiger partial charge is 0.243 e. The van der Waals surface area contributed by atoms with E-state index in [0.29, 0.717) is 37.1 Å². The van der Waals surface area contributed by atoms with Crippen LogP contribution in [0.3, 0.4) is 0 Å². The number of nitrogens with zero attached hydrogens (tertiary/aromatic N) is 1. The zero-order valence-corrected chi connectivity index (χ0v) is 15.3. The Bertz CT molecular complexity index is 897. The Hall–Kier alpha value is -2.25. The standard InChI is InChI=1S/C19H21FN2O3S/c1-2-19(23)21-14-9-11-15(12-10-14)26(24,25)22-13-5-8-18(22)16-6-3-4-7-17(16)20/h3-4,6-7,9-12,18H,2,5,8,13H2,1H3,(H,21,23). The molecule has 2 aromatic carbocycles. The number of sulfonamides is 1. The summed E-state index contributed by atoms with van der Waals surface area (Å²) in [5.74, 6) is -0.531. The molecule has 0 spiro atoms. The van der Waals surface area contributed by atoms with Crippen LogP contribution in [0, 0.1) is 5.82 Å². The third-order valence-corrected chi connectivity index (χ3v) is 6.46. The monoisotopic (exact) mass is 376 g/mol. The lowest BCUT2D eigenvalue weighted by molar-refractivity contribution is -0.115. The van der Waals surface area contributed by atoms with E-state index in [2.05, 4.69) is 5.32 Å². The van der Waals surface area contributed by atoms with Crippen LogP contribution >= 0.6 is 0 Å². The van der Waals surface area contributed by atoms with Crippen molar-refractivity contribution in [3.8, 4) is 0 Å². The van der Waals surface area contributed by atoms with E-state index < -0.39 is 21.9 Å². The molecule has 2 aromatic rings. The van der Waals surface area contributed by atoms with Gasteiger partial charge in [-0.3, -0.25) is 4.79 Å². The molecule has 1 aliphatic rings. The maximum atomic E-state index is 14.2. The number of hydrogen-bond acceptors (Lipinski definition) is 3. The first-order valence-electron chi connectivity index (χ1n) is 8.59. The minimum Gasteiger partial charge on any atom is -0.326 e. The van der Waals surface area contributed by atoms with Gasteiger partial charge in [0.1, 0.15) is 5.82 Å². The predicted octanol–water partition coefficient (Wildman–Crippen LogP) is 3.70. The molecule has 1 saturated heterocycles. The fourth-order valence-corrected chi connectivity index (χ4v) is 4.85. The van der Waals surface area contributed by atoms with Crippen molar-refractivity contribution < 1.29 is 17.6 Å². The van der Waals surface area contributed by atoms with E-state index in [9.17, 15) is 17.6 Å². The molecule has 1 amide bonds. The largest absolute Gasteiger partial charge is 0.326 e. The number of halogens is 1. The second-order valence-corrected chi connectivity index (χ2v) is 8.11. The molecule has 26 heavy (non-hydrogen) atoms. The first kappa shape index (κ1) is 18.5. The van der Waals surface area contributed by atoms with Crippen LogP contribution in [0.15, 0.2) is 53.4 Å². The van der Waals surface area contributed by atoms with Gasteiger partial charge in [-0.25, -0.2) is 12.8 Å². The number of amides is 1. The van der Waals surface area contributed by atoms with Crippen LogP contribution < -0.4 is 5.32 Å². The Labute approximate surface area is 152 Å². The number of benzene rings is 2. The van der Waals surface area contributed by atoms with Gasteiger partial charge in [0.15, 0.2) is 0 Å². The Balaban J connectivity index is 1.87. The van der Waals surface area contributed by atoms with Gasteiger partial charge in [0.2, 0.25) is 15.9 Å². The highest BCUT2D eigenvalue weighted by molar-refractivity contribution is 7.89. The summed E-state index contributed by atoms with van der Waals surface area (Å²) >= 11 is 0. The van der Waals surface area contributed by atoms with Gasteiger partial charge < -0.3 is 5.32 Å². The zero-order chi connectivity index (χ0) is 18.7. The lowest BCUT2D eigenvalue weighted by atomic mass is 10.1. The van der Waals surface area contributed by atoms with Crippen molar-refractivity contribution in [3.63, 3.8) is 0 Å². The third-order valence-electron chi connectivity index (χ3n) is 4.53. The Morgan fingerprint density at radius 1 is 1.19 bits per heavy atom. The summed E-state index contributed by atoms with van der Waals surface area (Å²) in [6.45, 7) is 2.10. The molecule has 0 saturated carbocycles. The molecule has 1 N–H and O–H groups in total. The van der Waals surface area contributed by atoms with E-state index in [0.717, 1.165) is 0 Å². The number of carbonyl (C=O) groups is 1. The number of anilines is 1. The summed E-state index contributed by atoms with van der Waals surface area (Å²) in [6.07, 6.45) is 1.62. The lowest BCUT2D eigenvalue weighted by Gasteiger charge is -2.25. The van der Waals surface area contributed by atoms with Crippen LogP contribution in [0.25, 0.3) is 0 Å².